The molecule has 0 atom stereocenters. The van der Waals surface area contributed by atoms with Crippen molar-refractivity contribution in [3.63, 3.8) is 0 Å². The first kappa shape index (κ1) is 9.69. The van der Waals surface area contributed by atoms with Crippen molar-refractivity contribution in [2.45, 2.75) is 25.6 Å². The van der Waals surface area contributed by atoms with Crippen LogP contribution in [0.5, 0.6) is 0 Å². The van der Waals surface area contributed by atoms with Gasteiger partial charge >= 0.3 is 0 Å². The zero-order chi connectivity index (χ0) is 9.86. The summed E-state index contributed by atoms with van der Waals surface area (Å²) < 4.78 is 11.3. The Labute approximate surface area is 84.8 Å². The van der Waals surface area contributed by atoms with Gasteiger partial charge in [0, 0.05) is 6.42 Å². The van der Waals surface area contributed by atoms with E-state index in [0.29, 0.717) is 0 Å². The topological polar surface area (TPSA) is 18.5 Å². The van der Waals surface area contributed by atoms with E-state index in [-0.39, 0.29) is 5.79 Å². The molecule has 1 saturated heterocycles. The molecule has 1 aromatic rings. The zero-order valence-corrected chi connectivity index (χ0v) is 8.53. The van der Waals surface area contributed by atoms with Crippen LogP contribution in [0.3, 0.4) is 0 Å². The fraction of sp³-hybridized carbons (Fsp3) is 0.500. The number of rotatable bonds is 3. The summed E-state index contributed by atoms with van der Waals surface area (Å²) in [5.74, 6) is -0.360. The average molecular weight is 192 g/mol. The Hall–Kier alpha value is -0.860. The van der Waals surface area contributed by atoms with Gasteiger partial charge < -0.3 is 9.47 Å². The molecule has 1 aromatic carbocycles. The molecule has 1 aliphatic heterocycles. The van der Waals surface area contributed by atoms with Crippen LogP contribution >= 0.6 is 0 Å². The third kappa shape index (κ3) is 1.97. The first-order chi connectivity index (χ1) is 6.85. The SMILES string of the molecule is CCC1(Cc2ccccc2)OCCO1. The third-order valence-corrected chi connectivity index (χ3v) is 2.67. The Morgan fingerprint density at radius 2 is 1.79 bits per heavy atom. The molecule has 1 fully saturated rings. The molecule has 0 N–H and O–H groups in total. The standard InChI is InChI=1S/C12H16O2/c1-2-12(13-8-9-14-12)10-11-6-4-3-5-7-11/h3-7H,2,8-10H2,1H3. The second kappa shape index (κ2) is 4.11. The molecular formula is C12H16O2. The predicted octanol–water partition coefficient (Wildman–Crippen LogP) is 2.38. The quantitative estimate of drug-likeness (QED) is 0.732. The van der Waals surface area contributed by atoms with Crippen molar-refractivity contribution in [1.82, 2.24) is 0 Å². The highest BCUT2D eigenvalue weighted by Gasteiger charge is 2.34. The highest BCUT2D eigenvalue weighted by Crippen LogP contribution is 2.27. The van der Waals surface area contributed by atoms with Gasteiger partial charge in [-0.2, -0.15) is 0 Å². The largest absolute Gasteiger partial charge is 0.347 e. The van der Waals surface area contributed by atoms with Crippen LogP contribution in [-0.4, -0.2) is 19.0 Å². The smallest absolute Gasteiger partial charge is 0.172 e. The summed E-state index contributed by atoms with van der Waals surface area (Å²) in [6.45, 7) is 3.55. The summed E-state index contributed by atoms with van der Waals surface area (Å²) in [6, 6.07) is 10.4. The van der Waals surface area contributed by atoms with Crippen molar-refractivity contribution >= 4 is 0 Å². The number of hydrogen-bond donors (Lipinski definition) is 0. The first-order valence-corrected chi connectivity index (χ1v) is 5.16. The van der Waals surface area contributed by atoms with Crippen LogP contribution in [0.1, 0.15) is 18.9 Å². The normalized spacial score (nSPS) is 19.8. The summed E-state index contributed by atoms with van der Waals surface area (Å²) >= 11 is 0. The van der Waals surface area contributed by atoms with Crippen LogP contribution in [0.25, 0.3) is 0 Å². The Balaban J connectivity index is 2.08. The summed E-state index contributed by atoms with van der Waals surface area (Å²) in [5, 5.41) is 0. The highest BCUT2D eigenvalue weighted by molar-refractivity contribution is 5.16. The Bertz CT molecular complexity index is 276. The minimum Gasteiger partial charge on any atom is -0.347 e. The van der Waals surface area contributed by atoms with E-state index in [2.05, 4.69) is 19.1 Å². The summed E-state index contributed by atoms with van der Waals surface area (Å²) in [6.07, 6.45) is 1.76. The van der Waals surface area contributed by atoms with Crippen molar-refractivity contribution < 1.29 is 9.47 Å². The molecule has 0 unspecified atom stereocenters. The molecule has 0 saturated carbocycles. The average Bonchev–Trinajstić information content (AvgIpc) is 2.69. The molecule has 0 radical (unpaired) electrons. The molecule has 0 aromatic heterocycles. The molecule has 14 heavy (non-hydrogen) atoms. The molecule has 2 rings (SSSR count). The van der Waals surface area contributed by atoms with E-state index >= 15 is 0 Å². The van der Waals surface area contributed by atoms with Crippen LogP contribution in [0.15, 0.2) is 30.3 Å². The molecular weight excluding hydrogens is 176 g/mol. The molecule has 0 spiro atoms. The van der Waals surface area contributed by atoms with Crippen LogP contribution in [0.2, 0.25) is 0 Å². The van der Waals surface area contributed by atoms with Crippen molar-refractivity contribution in [3.8, 4) is 0 Å². The Morgan fingerprint density at radius 1 is 1.14 bits per heavy atom. The lowest BCUT2D eigenvalue weighted by atomic mass is 10.0. The van der Waals surface area contributed by atoms with Gasteiger partial charge in [0.15, 0.2) is 5.79 Å². The van der Waals surface area contributed by atoms with Gasteiger partial charge in [0.2, 0.25) is 0 Å². The molecule has 2 heteroatoms. The maximum absolute atomic E-state index is 5.67. The predicted molar refractivity (Wildman–Crippen MR) is 55.1 cm³/mol. The summed E-state index contributed by atoms with van der Waals surface area (Å²) in [5.41, 5.74) is 1.27. The fourth-order valence-electron chi connectivity index (χ4n) is 1.84. The van der Waals surface area contributed by atoms with Crippen LogP contribution in [0, 0.1) is 0 Å². The minimum absolute atomic E-state index is 0.360. The second-order valence-electron chi connectivity index (χ2n) is 3.62. The maximum atomic E-state index is 5.67. The number of ether oxygens (including phenoxy) is 2. The van der Waals surface area contributed by atoms with Crippen molar-refractivity contribution in [1.29, 1.82) is 0 Å². The van der Waals surface area contributed by atoms with Crippen molar-refractivity contribution in [2.24, 2.45) is 0 Å². The van der Waals surface area contributed by atoms with Crippen LogP contribution in [-0.2, 0) is 15.9 Å². The lowest BCUT2D eigenvalue weighted by Gasteiger charge is -2.25. The van der Waals surface area contributed by atoms with Gasteiger partial charge in [-0.25, -0.2) is 0 Å². The fourth-order valence-corrected chi connectivity index (χ4v) is 1.84. The third-order valence-electron chi connectivity index (χ3n) is 2.67. The Morgan fingerprint density at radius 3 is 2.36 bits per heavy atom. The second-order valence-corrected chi connectivity index (χ2v) is 3.62. The molecule has 1 aliphatic rings. The number of benzene rings is 1. The van der Waals surface area contributed by atoms with Crippen molar-refractivity contribution in [3.05, 3.63) is 35.9 Å². The van der Waals surface area contributed by atoms with Gasteiger partial charge in [-0.3, -0.25) is 0 Å². The van der Waals surface area contributed by atoms with E-state index in [1.807, 2.05) is 18.2 Å². The maximum Gasteiger partial charge on any atom is 0.172 e. The zero-order valence-electron chi connectivity index (χ0n) is 8.53. The van der Waals surface area contributed by atoms with E-state index in [0.717, 1.165) is 26.1 Å². The lowest BCUT2D eigenvalue weighted by Crippen LogP contribution is -2.31. The van der Waals surface area contributed by atoms with Crippen molar-refractivity contribution in [2.75, 3.05) is 13.2 Å². The minimum atomic E-state index is -0.360. The molecule has 0 aliphatic carbocycles. The van der Waals surface area contributed by atoms with E-state index in [1.165, 1.54) is 5.56 Å². The van der Waals surface area contributed by atoms with Crippen LogP contribution < -0.4 is 0 Å². The summed E-state index contributed by atoms with van der Waals surface area (Å²) in [7, 11) is 0. The molecule has 76 valence electrons. The van der Waals surface area contributed by atoms with E-state index in [1.54, 1.807) is 0 Å². The molecule has 2 nitrogen and oxygen atoms in total. The molecule has 1 heterocycles. The lowest BCUT2D eigenvalue weighted by molar-refractivity contribution is -0.157. The van der Waals surface area contributed by atoms with Crippen LogP contribution in [0.4, 0.5) is 0 Å². The summed E-state index contributed by atoms with van der Waals surface area (Å²) in [4.78, 5) is 0. The van der Waals surface area contributed by atoms with Gasteiger partial charge in [-0.15, -0.1) is 0 Å². The van der Waals surface area contributed by atoms with E-state index in [4.69, 9.17) is 9.47 Å². The van der Waals surface area contributed by atoms with Gasteiger partial charge in [-0.1, -0.05) is 37.3 Å². The Kier molecular flexibility index (Phi) is 2.85. The van der Waals surface area contributed by atoms with Gasteiger partial charge in [-0.05, 0) is 12.0 Å². The van der Waals surface area contributed by atoms with Gasteiger partial charge in [0.25, 0.3) is 0 Å². The molecule has 0 bridgehead atoms. The number of hydrogen-bond acceptors (Lipinski definition) is 2. The highest BCUT2D eigenvalue weighted by atomic mass is 16.7. The monoisotopic (exact) mass is 192 g/mol. The van der Waals surface area contributed by atoms with Gasteiger partial charge in [0.05, 0.1) is 13.2 Å². The van der Waals surface area contributed by atoms with E-state index in [9.17, 15) is 0 Å². The van der Waals surface area contributed by atoms with Gasteiger partial charge in [0.1, 0.15) is 0 Å². The first-order valence-electron chi connectivity index (χ1n) is 5.16. The van der Waals surface area contributed by atoms with E-state index < -0.39 is 0 Å². The molecule has 0 amide bonds.